The van der Waals surface area contributed by atoms with Gasteiger partial charge < -0.3 is 10.2 Å². The van der Waals surface area contributed by atoms with Gasteiger partial charge in [0.05, 0.1) is 6.04 Å². The van der Waals surface area contributed by atoms with Crippen LogP contribution in [0.1, 0.15) is 57.4 Å². The van der Waals surface area contributed by atoms with Gasteiger partial charge in [0, 0.05) is 38.3 Å². The molecule has 148 valence electrons. The summed E-state index contributed by atoms with van der Waals surface area (Å²) in [7, 11) is 2.04. The number of carbonyl (C=O) groups is 1. The number of hydrogen-bond donors (Lipinski definition) is 1. The highest BCUT2D eigenvalue weighted by atomic mass is 16.2. The van der Waals surface area contributed by atoms with Crippen LogP contribution in [0.4, 0.5) is 0 Å². The van der Waals surface area contributed by atoms with Gasteiger partial charge in [-0.15, -0.1) is 0 Å². The van der Waals surface area contributed by atoms with Crippen LogP contribution in [0.25, 0.3) is 0 Å². The highest BCUT2D eigenvalue weighted by molar-refractivity contribution is 5.82. The van der Waals surface area contributed by atoms with Crippen LogP contribution in [0.2, 0.25) is 0 Å². The molecule has 0 spiro atoms. The Kier molecular flexibility index (Phi) is 5.84. The first-order valence-corrected chi connectivity index (χ1v) is 10.9. The lowest BCUT2D eigenvalue weighted by atomic mass is 9.85. The second-order valence-electron chi connectivity index (χ2n) is 9.04. The molecule has 4 heteroatoms. The van der Waals surface area contributed by atoms with Crippen LogP contribution in [-0.4, -0.2) is 53.5 Å². The average Bonchev–Trinajstić information content (AvgIpc) is 3.13. The summed E-state index contributed by atoms with van der Waals surface area (Å²) in [6.45, 7) is 4.40. The minimum absolute atomic E-state index is 0.0563. The van der Waals surface area contributed by atoms with E-state index in [9.17, 15) is 4.79 Å². The van der Waals surface area contributed by atoms with E-state index in [4.69, 9.17) is 0 Å². The SMILES string of the molecule is CC1CC(N(C)C(=O)C2CC3CCCCC3N2)CCN1Cc1ccccc1. The fourth-order valence-electron chi connectivity index (χ4n) is 5.54. The third-order valence-corrected chi connectivity index (χ3v) is 7.27. The Labute approximate surface area is 164 Å². The van der Waals surface area contributed by atoms with Gasteiger partial charge in [-0.2, -0.15) is 0 Å². The quantitative estimate of drug-likeness (QED) is 0.883. The zero-order chi connectivity index (χ0) is 18.8. The first-order chi connectivity index (χ1) is 13.1. The molecule has 2 saturated heterocycles. The standard InChI is InChI=1S/C23H35N3O/c1-17-14-20(12-13-26(17)16-18-8-4-3-5-9-18)25(2)23(27)22-15-19-10-6-7-11-21(19)24-22/h3-5,8-9,17,19-22,24H,6-7,10-16H2,1-2H3. The fourth-order valence-corrected chi connectivity index (χ4v) is 5.54. The normalized spacial score (nSPS) is 34.2. The van der Waals surface area contributed by atoms with Crippen molar-refractivity contribution in [1.82, 2.24) is 15.1 Å². The monoisotopic (exact) mass is 369 g/mol. The van der Waals surface area contributed by atoms with Crippen LogP contribution >= 0.6 is 0 Å². The topological polar surface area (TPSA) is 35.6 Å². The molecule has 0 bridgehead atoms. The van der Waals surface area contributed by atoms with E-state index in [0.717, 1.165) is 38.3 Å². The minimum atomic E-state index is 0.0563. The highest BCUT2D eigenvalue weighted by Crippen LogP contribution is 2.34. The Hall–Kier alpha value is -1.39. The van der Waals surface area contributed by atoms with E-state index in [1.54, 1.807) is 0 Å². The number of nitrogens with zero attached hydrogens (tertiary/aromatic N) is 2. The Balaban J connectivity index is 1.31. The third kappa shape index (κ3) is 4.22. The summed E-state index contributed by atoms with van der Waals surface area (Å²) in [5.74, 6) is 1.06. The zero-order valence-electron chi connectivity index (χ0n) is 16.9. The number of likely N-dealkylation sites (N-methyl/N-ethyl adjacent to an activating group) is 1. The van der Waals surface area contributed by atoms with E-state index in [-0.39, 0.29) is 6.04 Å². The molecule has 1 N–H and O–H groups in total. The van der Waals surface area contributed by atoms with Gasteiger partial charge in [0.15, 0.2) is 0 Å². The number of benzene rings is 1. The van der Waals surface area contributed by atoms with Gasteiger partial charge in [-0.25, -0.2) is 0 Å². The lowest BCUT2D eigenvalue weighted by molar-refractivity contribution is -0.135. The van der Waals surface area contributed by atoms with Crippen molar-refractivity contribution in [2.75, 3.05) is 13.6 Å². The van der Waals surface area contributed by atoms with E-state index in [2.05, 4.69) is 52.4 Å². The molecule has 5 atom stereocenters. The molecule has 27 heavy (non-hydrogen) atoms. The van der Waals surface area contributed by atoms with Crippen LogP contribution < -0.4 is 5.32 Å². The summed E-state index contributed by atoms with van der Waals surface area (Å²) in [6.07, 6.45) is 8.44. The van der Waals surface area contributed by atoms with Crippen molar-refractivity contribution in [2.45, 2.75) is 82.6 Å². The maximum atomic E-state index is 13.1. The molecule has 1 aromatic carbocycles. The lowest BCUT2D eigenvalue weighted by Crippen LogP contribution is -2.52. The van der Waals surface area contributed by atoms with Gasteiger partial charge in [-0.3, -0.25) is 9.69 Å². The highest BCUT2D eigenvalue weighted by Gasteiger charge is 2.40. The smallest absolute Gasteiger partial charge is 0.239 e. The number of nitrogens with one attached hydrogen (secondary N) is 1. The molecule has 2 aliphatic heterocycles. The first kappa shape index (κ1) is 18.9. The molecule has 1 aliphatic carbocycles. The number of fused-ring (bicyclic) bond motifs is 1. The van der Waals surface area contributed by atoms with Crippen LogP contribution in [0, 0.1) is 5.92 Å². The Bertz CT molecular complexity index is 620. The molecular weight excluding hydrogens is 334 g/mol. The predicted molar refractivity (Wildman–Crippen MR) is 109 cm³/mol. The van der Waals surface area contributed by atoms with Crippen LogP contribution in [0.3, 0.4) is 0 Å². The molecule has 3 aliphatic rings. The molecule has 5 unspecified atom stereocenters. The first-order valence-electron chi connectivity index (χ1n) is 10.9. The molecule has 1 amide bonds. The molecule has 1 saturated carbocycles. The van der Waals surface area contributed by atoms with Crippen LogP contribution in [0.5, 0.6) is 0 Å². The van der Waals surface area contributed by atoms with E-state index >= 15 is 0 Å². The summed E-state index contributed by atoms with van der Waals surface area (Å²) < 4.78 is 0. The number of hydrogen-bond acceptors (Lipinski definition) is 3. The van der Waals surface area contributed by atoms with Crippen molar-refractivity contribution in [1.29, 1.82) is 0 Å². The van der Waals surface area contributed by atoms with Crippen molar-refractivity contribution in [3.05, 3.63) is 35.9 Å². The molecule has 4 nitrogen and oxygen atoms in total. The van der Waals surface area contributed by atoms with Crippen LogP contribution in [0.15, 0.2) is 30.3 Å². The number of piperidine rings is 1. The molecule has 2 heterocycles. The number of likely N-dealkylation sites (tertiary alicyclic amines) is 1. The Morgan fingerprint density at radius 2 is 1.93 bits per heavy atom. The zero-order valence-corrected chi connectivity index (χ0v) is 16.9. The van der Waals surface area contributed by atoms with Crippen molar-refractivity contribution in [2.24, 2.45) is 5.92 Å². The maximum Gasteiger partial charge on any atom is 0.239 e. The number of amides is 1. The second-order valence-corrected chi connectivity index (χ2v) is 9.04. The summed E-state index contributed by atoms with van der Waals surface area (Å²) in [4.78, 5) is 17.8. The summed E-state index contributed by atoms with van der Waals surface area (Å²) >= 11 is 0. The lowest BCUT2D eigenvalue weighted by Gasteiger charge is -2.41. The van der Waals surface area contributed by atoms with E-state index in [1.807, 2.05) is 7.05 Å². The Morgan fingerprint density at radius 3 is 2.67 bits per heavy atom. The van der Waals surface area contributed by atoms with Gasteiger partial charge in [0.25, 0.3) is 0 Å². The maximum absolute atomic E-state index is 13.1. The molecule has 0 aromatic heterocycles. The average molecular weight is 370 g/mol. The van der Waals surface area contributed by atoms with Gasteiger partial charge in [-0.1, -0.05) is 43.2 Å². The van der Waals surface area contributed by atoms with Gasteiger partial charge in [0.1, 0.15) is 0 Å². The summed E-state index contributed by atoms with van der Waals surface area (Å²) in [5.41, 5.74) is 1.38. The van der Waals surface area contributed by atoms with E-state index in [0.29, 0.717) is 24.0 Å². The third-order valence-electron chi connectivity index (χ3n) is 7.27. The van der Waals surface area contributed by atoms with Crippen molar-refractivity contribution >= 4 is 5.91 Å². The molecular formula is C23H35N3O. The molecule has 0 radical (unpaired) electrons. The van der Waals surface area contributed by atoms with Crippen molar-refractivity contribution in [3.8, 4) is 0 Å². The van der Waals surface area contributed by atoms with Gasteiger partial charge >= 0.3 is 0 Å². The molecule has 3 fully saturated rings. The van der Waals surface area contributed by atoms with Crippen LogP contribution in [-0.2, 0) is 11.3 Å². The van der Waals surface area contributed by atoms with Crippen molar-refractivity contribution in [3.63, 3.8) is 0 Å². The van der Waals surface area contributed by atoms with E-state index in [1.165, 1.54) is 31.2 Å². The fraction of sp³-hybridized carbons (Fsp3) is 0.696. The number of carbonyl (C=O) groups excluding carboxylic acids is 1. The van der Waals surface area contributed by atoms with Crippen molar-refractivity contribution < 1.29 is 4.79 Å². The van der Waals surface area contributed by atoms with E-state index < -0.39 is 0 Å². The largest absolute Gasteiger partial charge is 0.341 e. The second kappa shape index (κ2) is 8.32. The molecule has 1 aromatic rings. The summed E-state index contributed by atoms with van der Waals surface area (Å²) in [6, 6.07) is 12.3. The van der Waals surface area contributed by atoms with Gasteiger partial charge in [-0.05, 0) is 50.5 Å². The van der Waals surface area contributed by atoms with Gasteiger partial charge in [0.2, 0.25) is 5.91 Å². The molecule has 4 rings (SSSR count). The minimum Gasteiger partial charge on any atom is -0.341 e. The number of rotatable bonds is 4. The predicted octanol–water partition coefficient (Wildman–Crippen LogP) is 3.42. The summed E-state index contributed by atoms with van der Waals surface area (Å²) in [5, 5.41) is 3.66. The Morgan fingerprint density at radius 1 is 1.15 bits per heavy atom.